The highest BCUT2D eigenvalue weighted by atomic mass is 35.5. The summed E-state index contributed by atoms with van der Waals surface area (Å²) in [5.41, 5.74) is 5.77. The van der Waals surface area contributed by atoms with Crippen LogP contribution in [0.2, 0.25) is 5.02 Å². The second kappa shape index (κ2) is 11.4. The van der Waals surface area contributed by atoms with Crippen LogP contribution in [-0.4, -0.2) is 76.9 Å². The van der Waals surface area contributed by atoms with Crippen LogP contribution < -0.4 is 20.7 Å². The zero-order chi connectivity index (χ0) is 30.7. The predicted octanol–water partition coefficient (Wildman–Crippen LogP) is 6.16. The van der Waals surface area contributed by atoms with E-state index in [0.29, 0.717) is 26.2 Å². The number of nitrogen functional groups attached to an aromatic ring is 1. The van der Waals surface area contributed by atoms with E-state index in [1.54, 1.807) is 4.90 Å². The number of alkyl halides is 3. The van der Waals surface area contributed by atoms with Crippen LogP contribution in [0.15, 0.2) is 18.2 Å². The van der Waals surface area contributed by atoms with Crippen LogP contribution in [-0.2, 0) is 0 Å². The molecule has 0 spiro atoms. The van der Waals surface area contributed by atoms with Gasteiger partial charge in [-0.25, -0.2) is 13.8 Å². The molecule has 3 atom stereocenters. The zero-order valence-electron chi connectivity index (χ0n) is 23.4. The molecule has 44 heavy (non-hydrogen) atoms. The maximum atomic E-state index is 16.6. The number of benzene rings is 2. The van der Waals surface area contributed by atoms with E-state index in [1.807, 2.05) is 4.90 Å². The van der Waals surface area contributed by atoms with E-state index in [0.717, 1.165) is 43.4 Å². The van der Waals surface area contributed by atoms with Crippen molar-refractivity contribution in [2.45, 2.75) is 56.5 Å². The number of hydrogen-bond donors (Lipinski definition) is 2. The molecule has 4 aromatic rings. The second-order valence-electron chi connectivity index (χ2n) is 11.7. The molecule has 0 aliphatic carbocycles. The number of nitrogens with zero attached hydrogens (tertiary/aromatic N) is 5. The fraction of sp³-hybridized carbons (Fsp3) is 0.483. The lowest BCUT2D eigenvalue weighted by atomic mass is 10.0. The molecule has 3 saturated heterocycles. The van der Waals surface area contributed by atoms with Crippen molar-refractivity contribution in [3.05, 3.63) is 34.9 Å². The Morgan fingerprint density at radius 1 is 1.05 bits per heavy atom. The predicted molar refractivity (Wildman–Crippen MR) is 160 cm³/mol. The van der Waals surface area contributed by atoms with Gasteiger partial charge in [0.05, 0.1) is 15.2 Å². The van der Waals surface area contributed by atoms with Gasteiger partial charge in [0, 0.05) is 48.2 Å². The molecule has 3 aliphatic rings. The van der Waals surface area contributed by atoms with E-state index in [-0.39, 0.29) is 66.8 Å². The molecule has 3 N–H and O–H groups in total. The van der Waals surface area contributed by atoms with E-state index >= 15 is 4.39 Å². The lowest BCUT2D eigenvalue weighted by Gasteiger charge is -2.35. The first-order valence-electron chi connectivity index (χ1n) is 14.6. The van der Waals surface area contributed by atoms with Crippen LogP contribution in [0.1, 0.15) is 32.1 Å². The number of piperazine rings is 1. The van der Waals surface area contributed by atoms with Crippen LogP contribution in [0.25, 0.3) is 32.2 Å². The summed E-state index contributed by atoms with van der Waals surface area (Å²) in [7, 11) is 0. The van der Waals surface area contributed by atoms with Gasteiger partial charge >= 0.3 is 12.2 Å². The maximum Gasteiger partial charge on any atom is 0.426 e. The molecule has 0 saturated carbocycles. The summed E-state index contributed by atoms with van der Waals surface area (Å²) in [6.45, 7) is 1.73. The van der Waals surface area contributed by atoms with Crippen molar-refractivity contribution in [3.8, 4) is 17.1 Å². The molecule has 3 aliphatic heterocycles. The number of piperidine rings is 1. The molecule has 0 amide bonds. The van der Waals surface area contributed by atoms with Gasteiger partial charge in [-0.2, -0.15) is 23.1 Å². The van der Waals surface area contributed by atoms with Gasteiger partial charge in [0.2, 0.25) is 6.10 Å². The number of likely N-dealkylation sites (tertiary alicyclic amines) is 1. The first-order chi connectivity index (χ1) is 21.0. The Morgan fingerprint density at radius 3 is 2.48 bits per heavy atom. The average molecular weight is 654 g/mol. The highest BCUT2D eigenvalue weighted by Gasteiger charge is 2.44. The third-order valence-corrected chi connectivity index (χ3v) is 9.82. The molecule has 15 heteroatoms. The Kier molecular flexibility index (Phi) is 7.66. The molecule has 3 fully saturated rings. The number of hydrogen-bond acceptors (Lipinski definition) is 9. The fourth-order valence-electron chi connectivity index (χ4n) is 6.58. The third kappa shape index (κ3) is 5.50. The average Bonchev–Trinajstić information content (AvgIpc) is 3.55. The van der Waals surface area contributed by atoms with Gasteiger partial charge in [0.15, 0.2) is 10.9 Å². The number of fused-ring (bicyclic) bond motifs is 4. The summed E-state index contributed by atoms with van der Waals surface area (Å²) >= 11 is 7.62. The van der Waals surface area contributed by atoms with Crippen molar-refractivity contribution >= 4 is 55.0 Å². The van der Waals surface area contributed by atoms with Crippen LogP contribution in [0.4, 0.5) is 32.9 Å². The summed E-state index contributed by atoms with van der Waals surface area (Å²) in [6.07, 6.45) is -2.46. The summed E-state index contributed by atoms with van der Waals surface area (Å²) in [5, 5.41) is 3.82. The van der Waals surface area contributed by atoms with Crippen molar-refractivity contribution in [3.63, 3.8) is 0 Å². The molecular weight excluding hydrogens is 625 g/mol. The summed E-state index contributed by atoms with van der Waals surface area (Å²) in [4.78, 5) is 16.5. The molecular formula is C29H29ClF5N7OS. The number of halogens is 6. The maximum absolute atomic E-state index is 16.6. The van der Waals surface area contributed by atoms with Gasteiger partial charge in [0.25, 0.3) is 0 Å². The Balaban J connectivity index is 1.37. The number of anilines is 2. The molecule has 3 unspecified atom stereocenters. The number of ether oxygens (including phenoxy) is 1. The summed E-state index contributed by atoms with van der Waals surface area (Å²) in [5.74, 6) is -1.23. The van der Waals surface area contributed by atoms with Crippen molar-refractivity contribution in [2.24, 2.45) is 0 Å². The molecule has 234 valence electrons. The quantitative estimate of drug-likeness (QED) is 0.239. The van der Waals surface area contributed by atoms with E-state index in [4.69, 9.17) is 22.1 Å². The van der Waals surface area contributed by atoms with Gasteiger partial charge in [-0.15, -0.1) is 0 Å². The first kappa shape index (κ1) is 29.6. The molecule has 2 bridgehead atoms. The largest absolute Gasteiger partial charge is 0.449 e. The van der Waals surface area contributed by atoms with Crippen LogP contribution in [0.5, 0.6) is 6.01 Å². The van der Waals surface area contributed by atoms with E-state index in [2.05, 4.69) is 20.3 Å². The van der Waals surface area contributed by atoms with Crippen molar-refractivity contribution in [2.75, 3.05) is 43.4 Å². The highest BCUT2D eigenvalue weighted by molar-refractivity contribution is 7.22. The van der Waals surface area contributed by atoms with Crippen LogP contribution >= 0.6 is 22.9 Å². The smallest absolute Gasteiger partial charge is 0.426 e. The van der Waals surface area contributed by atoms with E-state index in [1.165, 1.54) is 18.2 Å². The van der Waals surface area contributed by atoms with E-state index in [9.17, 15) is 17.6 Å². The minimum atomic E-state index is -4.71. The van der Waals surface area contributed by atoms with Gasteiger partial charge in [-0.05, 0) is 57.0 Å². The van der Waals surface area contributed by atoms with E-state index < -0.39 is 29.9 Å². The fourth-order valence-corrected chi connectivity index (χ4v) is 7.63. The number of nitrogens with two attached hydrogens (primary N) is 1. The Morgan fingerprint density at radius 2 is 1.77 bits per heavy atom. The highest BCUT2D eigenvalue weighted by Crippen LogP contribution is 2.43. The summed E-state index contributed by atoms with van der Waals surface area (Å²) < 4.78 is 79.7. The zero-order valence-corrected chi connectivity index (χ0v) is 25.0. The molecule has 7 rings (SSSR count). The van der Waals surface area contributed by atoms with Gasteiger partial charge in [-0.3, -0.25) is 4.90 Å². The number of rotatable bonds is 6. The minimum Gasteiger partial charge on any atom is -0.449 e. The number of aromatic nitrogens is 3. The van der Waals surface area contributed by atoms with Crippen molar-refractivity contribution in [1.82, 2.24) is 25.2 Å². The standard InChI is InChI=1S/C29H29ClF5N7OS/c30-18-10-17-23(22(32)21(18)16-6-7-19(31)25-24(16)38-27(36)44-25)39-28(40-26(17)42-11-14-4-5-15(12-42)37-14)43-20(29(33,34)35)13-41-8-2-1-3-9-41/h6-7,10,14-15,20,37H,1-5,8-9,11-13H2,(H2,36,38). The molecule has 0 radical (unpaired) electrons. The monoisotopic (exact) mass is 653 g/mol. The van der Waals surface area contributed by atoms with Gasteiger partial charge < -0.3 is 20.7 Å². The lowest BCUT2D eigenvalue weighted by Crippen LogP contribution is -2.51. The normalized spacial score (nSPS) is 21.8. The van der Waals surface area contributed by atoms with Gasteiger partial charge in [0.1, 0.15) is 17.2 Å². The van der Waals surface area contributed by atoms with Crippen molar-refractivity contribution < 1.29 is 26.7 Å². The molecule has 8 nitrogen and oxygen atoms in total. The third-order valence-electron chi connectivity index (χ3n) is 8.63. The Bertz CT molecular complexity index is 1720. The summed E-state index contributed by atoms with van der Waals surface area (Å²) in [6, 6.07) is 3.75. The van der Waals surface area contributed by atoms with Gasteiger partial charge in [-0.1, -0.05) is 29.4 Å². The Labute approximate surface area is 258 Å². The SMILES string of the molecule is Nc1nc2c(-c3c(Cl)cc4c(N5CC6CCC(C5)N6)nc(OC(CN5CCCCC5)C(F)(F)F)nc4c3F)ccc(F)c2s1. The molecule has 2 aromatic carbocycles. The number of thiazole rings is 1. The van der Waals surface area contributed by atoms with Crippen LogP contribution in [0, 0.1) is 11.6 Å². The lowest BCUT2D eigenvalue weighted by molar-refractivity contribution is -0.201. The molecule has 5 heterocycles. The molecule has 2 aromatic heterocycles. The van der Waals surface area contributed by atoms with Crippen molar-refractivity contribution in [1.29, 1.82) is 0 Å². The second-order valence-corrected chi connectivity index (χ2v) is 13.1. The minimum absolute atomic E-state index is 0.00984. The number of nitrogens with one attached hydrogen (secondary N) is 1. The Hall–Kier alpha value is -3.07. The van der Waals surface area contributed by atoms with Crippen LogP contribution in [0.3, 0.4) is 0 Å². The topological polar surface area (TPSA) is 92.4 Å². The first-order valence-corrected chi connectivity index (χ1v) is 15.8.